The normalized spacial score (nSPS) is 11.9. The van der Waals surface area contributed by atoms with Crippen LogP contribution in [0.15, 0.2) is 206 Å². The predicted octanol–water partition coefficient (Wildman–Crippen LogP) is 15.0. The van der Waals surface area contributed by atoms with Gasteiger partial charge in [0.1, 0.15) is 0 Å². The van der Waals surface area contributed by atoms with E-state index in [1.807, 2.05) is 0 Å². The van der Waals surface area contributed by atoms with Crippen LogP contribution >= 0.6 is 0 Å². The Hall–Kier alpha value is -7.42. The molecule has 0 saturated carbocycles. The standard InChI is InChI=1S/C54H34N2/c1-2-14-36(15-3-1)43-19-8-10-23-50(43)55(41-27-29-47-48(33-41)46-22-12-18-39-31-38-17-6-7-20-44(38)54(47)53(39)46)42-28-30-52-49(34-42)45-21-9-11-24-51(45)56(52)40-26-25-35-13-4-5-16-37(35)32-40/h1-34H. The topological polar surface area (TPSA) is 8.17 Å². The van der Waals surface area contributed by atoms with E-state index >= 15 is 0 Å². The average molecular weight is 711 g/mol. The van der Waals surface area contributed by atoms with Crippen molar-refractivity contribution < 1.29 is 0 Å². The Bertz CT molecular complexity index is 3370. The van der Waals surface area contributed by atoms with E-state index in [4.69, 9.17) is 0 Å². The summed E-state index contributed by atoms with van der Waals surface area (Å²) in [6, 6.07) is 75.8. The van der Waals surface area contributed by atoms with Crippen LogP contribution in [-0.2, 0) is 0 Å². The average Bonchev–Trinajstić information content (AvgIpc) is 3.78. The fraction of sp³-hybridized carbons (Fsp3) is 0. The van der Waals surface area contributed by atoms with Crippen LogP contribution in [0.4, 0.5) is 17.1 Å². The molecule has 0 amide bonds. The molecule has 0 radical (unpaired) electrons. The number of rotatable bonds is 5. The molecule has 0 fully saturated rings. The number of fused-ring (bicyclic) bond motifs is 9. The summed E-state index contributed by atoms with van der Waals surface area (Å²) >= 11 is 0. The Morgan fingerprint density at radius 3 is 1.93 bits per heavy atom. The number of nitrogens with zero attached hydrogens (tertiary/aromatic N) is 2. The SMILES string of the molecule is c1ccc(-c2ccccc2N(c2ccc3c(c2)-c2cccc4cc5ccccc5c-3c24)c2ccc3c(c2)c2ccccc2n3-c2ccc3ccccc3c2)cc1. The molecule has 11 aromatic rings. The highest BCUT2D eigenvalue weighted by molar-refractivity contribution is 6.24. The van der Waals surface area contributed by atoms with E-state index in [0.717, 1.165) is 22.7 Å². The van der Waals surface area contributed by atoms with Gasteiger partial charge >= 0.3 is 0 Å². The summed E-state index contributed by atoms with van der Waals surface area (Å²) in [5, 5.41) is 10.1. The summed E-state index contributed by atoms with van der Waals surface area (Å²) in [7, 11) is 0. The number of aromatic nitrogens is 1. The van der Waals surface area contributed by atoms with Gasteiger partial charge in [-0.05, 0) is 121 Å². The molecule has 1 aromatic heterocycles. The predicted molar refractivity (Wildman–Crippen MR) is 238 cm³/mol. The van der Waals surface area contributed by atoms with Crippen molar-refractivity contribution in [3.8, 4) is 39.1 Å². The minimum absolute atomic E-state index is 1.11. The van der Waals surface area contributed by atoms with Crippen molar-refractivity contribution in [1.29, 1.82) is 0 Å². The third-order valence-electron chi connectivity index (χ3n) is 11.8. The lowest BCUT2D eigenvalue weighted by molar-refractivity contribution is 1.18. The van der Waals surface area contributed by atoms with E-state index in [1.165, 1.54) is 87.5 Å². The molecule has 0 spiro atoms. The minimum Gasteiger partial charge on any atom is -0.310 e. The molecular formula is C54H34N2. The van der Waals surface area contributed by atoms with Crippen LogP contribution in [0.1, 0.15) is 0 Å². The first-order valence-corrected chi connectivity index (χ1v) is 19.3. The number of hydrogen-bond donors (Lipinski definition) is 0. The number of benzene rings is 10. The van der Waals surface area contributed by atoms with E-state index in [0.29, 0.717) is 0 Å². The molecule has 0 bridgehead atoms. The van der Waals surface area contributed by atoms with Crippen LogP contribution in [0.2, 0.25) is 0 Å². The molecular weight excluding hydrogens is 677 g/mol. The van der Waals surface area contributed by atoms with E-state index in [2.05, 4.69) is 216 Å². The Morgan fingerprint density at radius 2 is 1.02 bits per heavy atom. The lowest BCUT2D eigenvalue weighted by Crippen LogP contribution is -2.11. The van der Waals surface area contributed by atoms with Crippen molar-refractivity contribution in [3.63, 3.8) is 0 Å². The van der Waals surface area contributed by atoms with Gasteiger partial charge < -0.3 is 9.47 Å². The van der Waals surface area contributed by atoms with Gasteiger partial charge in [-0.25, -0.2) is 0 Å². The number of anilines is 3. The first-order chi connectivity index (χ1) is 27.8. The zero-order valence-electron chi connectivity index (χ0n) is 30.5. The van der Waals surface area contributed by atoms with Crippen molar-refractivity contribution in [2.75, 3.05) is 4.90 Å². The zero-order chi connectivity index (χ0) is 36.7. The molecule has 0 saturated heterocycles. The zero-order valence-corrected chi connectivity index (χ0v) is 30.5. The fourth-order valence-corrected chi connectivity index (χ4v) is 9.39. The summed E-state index contributed by atoms with van der Waals surface area (Å²) < 4.78 is 2.42. The monoisotopic (exact) mass is 710 g/mol. The number of para-hydroxylation sites is 2. The summed E-state index contributed by atoms with van der Waals surface area (Å²) in [5.41, 5.74) is 14.5. The molecule has 10 aromatic carbocycles. The molecule has 2 heteroatoms. The van der Waals surface area contributed by atoms with Gasteiger partial charge in [-0.1, -0.05) is 146 Å². The second-order valence-corrected chi connectivity index (χ2v) is 14.9. The Balaban J connectivity index is 1.11. The Kier molecular flexibility index (Phi) is 6.66. The minimum atomic E-state index is 1.11. The van der Waals surface area contributed by atoms with Crippen LogP contribution in [-0.4, -0.2) is 4.57 Å². The largest absolute Gasteiger partial charge is 0.310 e. The Labute approximate surface area is 324 Å². The van der Waals surface area contributed by atoms with E-state index in [1.54, 1.807) is 0 Å². The van der Waals surface area contributed by atoms with Crippen LogP contribution < -0.4 is 4.90 Å². The summed E-state index contributed by atoms with van der Waals surface area (Å²) in [6.45, 7) is 0. The third kappa shape index (κ3) is 4.57. The molecule has 1 aliphatic rings. The maximum Gasteiger partial charge on any atom is 0.0542 e. The quantitative estimate of drug-likeness (QED) is 0.161. The van der Waals surface area contributed by atoms with Gasteiger partial charge in [0, 0.05) is 33.4 Å². The highest BCUT2D eigenvalue weighted by Gasteiger charge is 2.26. The lowest BCUT2D eigenvalue weighted by Gasteiger charge is -2.28. The molecule has 56 heavy (non-hydrogen) atoms. The molecule has 260 valence electrons. The van der Waals surface area contributed by atoms with Gasteiger partial charge in [-0.15, -0.1) is 0 Å². The third-order valence-corrected chi connectivity index (χ3v) is 11.8. The van der Waals surface area contributed by atoms with E-state index < -0.39 is 0 Å². The lowest BCUT2D eigenvalue weighted by atomic mass is 9.96. The van der Waals surface area contributed by atoms with E-state index in [9.17, 15) is 0 Å². The van der Waals surface area contributed by atoms with Crippen LogP contribution in [0.3, 0.4) is 0 Å². The number of hydrogen-bond acceptors (Lipinski definition) is 1. The van der Waals surface area contributed by atoms with Crippen molar-refractivity contribution >= 4 is 71.2 Å². The second kappa shape index (κ2) is 12.0. The fourth-order valence-electron chi connectivity index (χ4n) is 9.39. The summed E-state index contributed by atoms with van der Waals surface area (Å²) in [6.07, 6.45) is 0. The molecule has 0 atom stereocenters. The highest BCUT2D eigenvalue weighted by Crippen LogP contribution is 2.53. The van der Waals surface area contributed by atoms with Crippen LogP contribution in [0, 0.1) is 0 Å². The van der Waals surface area contributed by atoms with Crippen molar-refractivity contribution in [1.82, 2.24) is 4.57 Å². The molecule has 1 aliphatic carbocycles. The van der Waals surface area contributed by atoms with Crippen LogP contribution in [0.25, 0.3) is 93.2 Å². The van der Waals surface area contributed by atoms with Crippen molar-refractivity contribution in [2.24, 2.45) is 0 Å². The molecule has 0 unspecified atom stereocenters. The Morgan fingerprint density at radius 1 is 0.339 bits per heavy atom. The van der Waals surface area contributed by atoms with E-state index in [-0.39, 0.29) is 0 Å². The molecule has 1 heterocycles. The van der Waals surface area contributed by atoms with Crippen molar-refractivity contribution in [3.05, 3.63) is 206 Å². The first kappa shape index (κ1) is 31.0. The van der Waals surface area contributed by atoms with Gasteiger partial charge in [0.2, 0.25) is 0 Å². The smallest absolute Gasteiger partial charge is 0.0542 e. The van der Waals surface area contributed by atoms with Crippen molar-refractivity contribution in [2.45, 2.75) is 0 Å². The summed E-state index contributed by atoms with van der Waals surface area (Å²) in [4.78, 5) is 2.46. The van der Waals surface area contributed by atoms with Gasteiger partial charge in [-0.2, -0.15) is 0 Å². The molecule has 12 rings (SSSR count). The van der Waals surface area contributed by atoms with Gasteiger partial charge in [0.25, 0.3) is 0 Å². The molecule has 2 nitrogen and oxygen atoms in total. The second-order valence-electron chi connectivity index (χ2n) is 14.9. The highest BCUT2D eigenvalue weighted by atomic mass is 15.1. The molecule has 0 aliphatic heterocycles. The van der Waals surface area contributed by atoms with Gasteiger partial charge in [0.05, 0.1) is 16.7 Å². The first-order valence-electron chi connectivity index (χ1n) is 19.3. The maximum atomic E-state index is 2.46. The maximum absolute atomic E-state index is 2.46. The van der Waals surface area contributed by atoms with Crippen LogP contribution in [0.5, 0.6) is 0 Å². The molecule has 0 N–H and O–H groups in total. The van der Waals surface area contributed by atoms with Gasteiger partial charge in [-0.3, -0.25) is 0 Å². The van der Waals surface area contributed by atoms with Gasteiger partial charge in [0.15, 0.2) is 0 Å². The summed E-state index contributed by atoms with van der Waals surface area (Å²) in [5.74, 6) is 0.